The van der Waals surface area contributed by atoms with Crippen LogP contribution in [0, 0.1) is 6.92 Å². The molecule has 5 heteroatoms. The summed E-state index contributed by atoms with van der Waals surface area (Å²) in [6.07, 6.45) is 0. The van der Waals surface area contributed by atoms with E-state index in [4.69, 9.17) is 10.5 Å². The Hall–Kier alpha value is -2.01. The summed E-state index contributed by atoms with van der Waals surface area (Å²) in [4.78, 5) is 13.0. The van der Waals surface area contributed by atoms with E-state index in [-0.39, 0.29) is 0 Å². The summed E-state index contributed by atoms with van der Waals surface area (Å²) in [6.45, 7) is 6.43. The molecule has 0 aliphatic carbocycles. The predicted molar refractivity (Wildman–Crippen MR) is 78.5 cm³/mol. The number of methoxy groups -OCH3 is 1. The molecule has 1 heterocycles. The number of hydrogen-bond acceptors (Lipinski definition) is 5. The molecule has 2 N–H and O–H groups in total. The standard InChI is InChI=1S/C15H20N4O/c1-9(2)11-5-6-13(20-4)12(7-11)15-18-10(3)17-14(8-16)19-15/h5-7,9H,8,16H2,1-4H3. The van der Waals surface area contributed by atoms with Crippen molar-refractivity contribution in [3.8, 4) is 17.1 Å². The molecular formula is C15H20N4O. The molecular weight excluding hydrogens is 252 g/mol. The van der Waals surface area contributed by atoms with Gasteiger partial charge in [0.15, 0.2) is 5.82 Å². The molecule has 0 radical (unpaired) electrons. The highest BCUT2D eigenvalue weighted by molar-refractivity contribution is 5.65. The second-order valence-electron chi connectivity index (χ2n) is 4.94. The fraction of sp³-hybridized carbons (Fsp3) is 0.400. The lowest BCUT2D eigenvalue weighted by Crippen LogP contribution is -2.08. The van der Waals surface area contributed by atoms with Crippen molar-refractivity contribution in [2.75, 3.05) is 7.11 Å². The first-order valence-corrected chi connectivity index (χ1v) is 6.65. The lowest BCUT2D eigenvalue weighted by Gasteiger charge is -2.12. The summed E-state index contributed by atoms with van der Waals surface area (Å²) in [6, 6.07) is 6.08. The third-order valence-corrected chi connectivity index (χ3v) is 3.11. The van der Waals surface area contributed by atoms with E-state index in [0.717, 1.165) is 11.3 Å². The molecule has 2 rings (SSSR count). The molecule has 0 spiro atoms. The molecule has 0 unspecified atom stereocenters. The molecule has 1 aromatic heterocycles. The SMILES string of the molecule is COc1ccc(C(C)C)cc1-c1nc(C)nc(CN)n1. The van der Waals surface area contributed by atoms with Gasteiger partial charge in [-0.2, -0.15) is 0 Å². The zero-order valence-electron chi connectivity index (χ0n) is 12.3. The molecule has 0 amide bonds. The van der Waals surface area contributed by atoms with E-state index >= 15 is 0 Å². The number of aromatic nitrogens is 3. The summed E-state index contributed by atoms with van der Waals surface area (Å²) in [5, 5.41) is 0. The van der Waals surface area contributed by atoms with Gasteiger partial charge in [0.2, 0.25) is 0 Å². The Morgan fingerprint density at radius 1 is 1.20 bits per heavy atom. The highest BCUT2D eigenvalue weighted by Crippen LogP contribution is 2.30. The van der Waals surface area contributed by atoms with Crippen molar-refractivity contribution in [3.63, 3.8) is 0 Å². The van der Waals surface area contributed by atoms with Gasteiger partial charge in [0.25, 0.3) is 0 Å². The van der Waals surface area contributed by atoms with Gasteiger partial charge >= 0.3 is 0 Å². The van der Waals surface area contributed by atoms with E-state index in [0.29, 0.717) is 29.9 Å². The summed E-state index contributed by atoms with van der Waals surface area (Å²) >= 11 is 0. The third kappa shape index (κ3) is 2.93. The highest BCUT2D eigenvalue weighted by Gasteiger charge is 2.13. The fourth-order valence-electron chi connectivity index (χ4n) is 2.01. The summed E-state index contributed by atoms with van der Waals surface area (Å²) in [5.41, 5.74) is 7.72. The van der Waals surface area contributed by atoms with Crippen LogP contribution in [0.4, 0.5) is 0 Å². The van der Waals surface area contributed by atoms with Gasteiger partial charge in [0.1, 0.15) is 17.4 Å². The topological polar surface area (TPSA) is 73.9 Å². The van der Waals surface area contributed by atoms with Crippen molar-refractivity contribution in [2.24, 2.45) is 5.73 Å². The molecule has 0 aliphatic rings. The third-order valence-electron chi connectivity index (χ3n) is 3.11. The number of rotatable bonds is 4. The van der Waals surface area contributed by atoms with Gasteiger partial charge in [0.05, 0.1) is 19.2 Å². The van der Waals surface area contributed by atoms with Crippen molar-refractivity contribution in [1.82, 2.24) is 15.0 Å². The monoisotopic (exact) mass is 272 g/mol. The molecule has 0 aliphatic heterocycles. The van der Waals surface area contributed by atoms with Crippen LogP contribution in [0.1, 0.15) is 37.0 Å². The number of ether oxygens (including phenoxy) is 1. The average Bonchev–Trinajstić information content (AvgIpc) is 2.45. The molecule has 1 aromatic carbocycles. The first-order chi connectivity index (χ1) is 9.55. The lowest BCUT2D eigenvalue weighted by atomic mass is 10.00. The lowest BCUT2D eigenvalue weighted by molar-refractivity contribution is 0.416. The molecule has 0 bridgehead atoms. The predicted octanol–water partition coefficient (Wildman–Crippen LogP) is 2.44. The molecule has 0 fully saturated rings. The summed E-state index contributed by atoms with van der Waals surface area (Å²) in [7, 11) is 1.64. The van der Waals surface area contributed by atoms with Crippen LogP contribution in [-0.4, -0.2) is 22.1 Å². The van der Waals surface area contributed by atoms with Crippen molar-refractivity contribution in [3.05, 3.63) is 35.4 Å². The van der Waals surface area contributed by atoms with Crippen molar-refractivity contribution < 1.29 is 4.74 Å². The van der Waals surface area contributed by atoms with E-state index in [1.165, 1.54) is 5.56 Å². The Kier molecular flexibility index (Phi) is 4.29. The van der Waals surface area contributed by atoms with E-state index in [1.807, 2.05) is 13.0 Å². The Morgan fingerprint density at radius 2 is 1.95 bits per heavy atom. The van der Waals surface area contributed by atoms with Crippen molar-refractivity contribution >= 4 is 0 Å². The van der Waals surface area contributed by atoms with Gasteiger partial charge < -0.3 is 10.5 Å². The minimum Gasteiger partial charge on any atom is -0.496 e. The van der Waals surface area contributed by atoms with E-state index in [9.17, 15) is 0 Å². The average molecular weight is 272 g/mol. The Morgan fingerprint density at radius 3 is 2.55 bits per heavy atom. The van der Waals surface area contributed by atoms with Gasteiger partial charge in [0, 0.05) is 0 Å². The smallest absolute Gasteiger partial charge is 0.167 e. The number of nitrogens with zero attached hydrogens (tertiary/aromatic N) is 3. The van der Waals surface area contributed by atoms with Gasteiger partial charge in [-0.25, -0.2) is 15.0 Å². The van der Waals surface area contributed by atoms with E-state index < -0.39 is 0 Å². The number of hydrogen-bond donors (Lipinski definition) is 1. The fourth-order valence-corrected chi connectivity index (χ4v) is 2.01. The van der Waals surface area contributed by atoms with Crippen LogP contribution in [-0.2, 0) is 6.54 Å². The van der Waals surface area contributed by atoms with Crippen LogP contribution in [0.2, 0.25) is 0 Å². The zero-order valence-corrected chi connectivity index (χ0v) is 12.3. The largest absolute Gasteiger partial charge is 0.496 e. The number of nitrogens with two attached hydrogens (primary N) is 1. The molecule has 0 atom stereocenters. The van der Waals surface area contributed by atoms with Gasteiger partial charge in [-0.05, 0) is 30.5 Å². The summed E-state index contributed by atoms with van der Waals surface area (Å²) in [5.74, 6) is 3.04. The second-order valence-corrected chi connectivity index (χ2v) is 4.94. The number of benzene rings is 1. The quantitative estimate of drug-likeness (QED) is 0.925. The van der Waals surface area contributed by atoms with Crippen molar-refractivity contribution in [2.45, 2.75) is 33.2 Å². The Labute approximate surface area is 119 Å². The zero-order chi connectivity index (χ0) is 14.7. The summed E-state index contributed by atoms with van der Waals surface area (Å²) < 4.78 is 5.42. The second kappa shape index (κ2) is 5.96. The minimum atomic E-state index is 0.294. The number of aryl methyl sites for hydroxylation is 1. The molecule has 5 nitrogen and oxygen atoms in total. The molecule has 0 saturated heterocycles. The van der Waals surface area contributed by atoms with E-state index in [1.54, 1.807) is 7.11 Å². The van der Waals surface area contributed by atoms with Gasteiger partial charge in [-0.3, -0.25) is 0 Å². The maximum absolute atomic E-state index is 5.63. The Balaban J connectivity index is 2.60. The van der Waals surface area contributed by atoms with Crippen LogP contribution in [0.25, 0.3) is 11.4 Å². The van der Waals surface area contributed by atoms with Crippen LogP contribution in [0.3, 0.4) is 0 Å². The first-order valence-electron chi connectivity index (χ1n) is 6.65. The maximum Gasteiger partial charge on any atom is 0.167 e. The molecule has 20 heavy (non-hydrogen) atoms. The molecule has 0 saturated carbocycles. The van der Waals surface area contributed by atoms with Crippen molar-refractivity contribution in [1.29, 1.82) is 0 Å². The molecule has 2 aromatic rings. The van der Waals surface area contributed by atoms with Crippen LogP contribution >= 0.6 is 0 Å². The van der Waals surface area contributed by atoms with Gasteiger partial charge in [-0.15, -0.1) is 0 Å². The van der Waals surface area contributed by atoms with Crippen LogP contribution in [0.5, 0.6) is 5.75 Å². The first kappa shape index (κ1) is 14.4. The Bertz CT molecular complexity index is 611. The normalized spacial score (nSPS) is 10.9. The van der Waals surface area contributed by atoms with Gasteiger partial charge in [-0.1, -0.05) is 19.9 Å². The van der Waals surface area contributed by atoms with Crippen LogP contribution in [0.15, 0.2) is 18.2 Å². The van der Waals surface area contributed by atoms with E-state index in [2.05, 4.69) is 40.9 Å². The minimum absolute atomic E-state index is 0.294. The maximum atomic E-state index is 5.63. The molecule has 106 valence electrons. The highest BCUT2D eigenvalue weighted by atomic mass is 16.5. The van der Waals surface area contributed by atoms with Crippen LogP contribution < -0.4 is 10.5 Å².